The summed E-state index contributed by atoms with van der Waals surface area (Å²) in [7, 11) is 0. The molecular weight excluding hydrogens is 1780 g/mol. The zero-order valence-corrected chi connectivity index (χ0v) is 80.6. The number of para-hydroxylation sites is 3. The van der Waals surface area contributed by atoms with Crippen molar-refractivity contribution in [2.75, 3.05) is 9.80 Å². The summed E-state index contributed by atoms with van der Waals surface area (Å²) in [5.74, 6) is 3.84. The van der Waals surface area contributed by atoms with Gasteiger partial charge in [0.2, 0.25) is 0 Å². The van der Waals surface area contributed by atoms with Gasteiger partial charge >= 0.3 is 0 Å². The molecule has 686 valence electrons. The molecule has 25 aromatic rings. The number of allylic oxidation sites excluding steroid dienone is 1. The summed E-state index contributed by atoms with van der Waals surface area (Å²) in [6, 6.07) is 190. The molecule has 5 aliphatic rings. The maximum atomic E-state index is 8.09. The maximum Gasteiger partial charge on any atom is 0.140 e. The average molecular weight is 1870 g/mol. The second-order valence-electron chi connectivity index (χ2n) is 40.1. The van der Waals surface area contributed by atoms with Crippen molar-refractivity contribution in [3.8, 4) is 123 Å². The van der Waals surface area contributed by atoms with Crippen LogP contribution in [0.3, 0.4) is 0 Å². The molecule has 0 N–H and O–H groups in total. The van der Waals surface area contributed by atoms with E-state index in [0.29, 0.717) is 0 Å². The number of fused-ring (bicyclic) bond motifs is 38. The molecule has 0 radical (unpaired) electrons. The lowest BCUT2D eigenvalue weighted by Gasteiger charge is -2.44. The molecule has 2 spiro atoms. The van der Waals surface area contributed by atoms with E-state index in [9.17, 15) is 0 Å². The fraction of sp³-hybridized carbons (Fsp3) is 0.0350. The molecule has 0 amide bonds. The molecule has 147 heavy (non-hydrogen) atoms. The zero-order valence-electron chi connectivity index (χ0n) is 80.6. The second-order valence-corrected chi connectivity index (χ2v) is 40.1. The summed E-state index contributed by atoms with van der Waals surface area (Å²) < 4.78 is 16.0. The molecule has 3 atom stereocenters. The molecule has 30 rings (SSSR count). The second kappa shape index (κ2) is 33.2. The third kappa shape index (κ3) is 12.6. The highest BCUT2D eigenvalue weighted by Gasteiger charge is 2.57. The van der Waals surface area contributed by atoms with Crippen LogP contribution >= 0.6 is 0 Å². The van der Waals surface area contributed by atoms with E-state index in [-0.39, 0.29) is 5.92 Å². The summed E-state index contributed by atoms with van der Waals surface area (Å²) in [6.07, 6.45) is 5.71. The van der Waals surface area contributed by atoms with Crippen LogP contribution in [0.25, 0.3) is 182 Å². The van der Waals surface area contributed by atoms with Gasteiger partial charge in [-0.3, -0.25) is 0 Å². The molecule has 2 heterocycles. The van der Waals surface area contributed by atoms with Gasteiger partial charge in [-0.1, -0.05) is 438 Å². The van der Waals surface area contributed by atoms with E-state index in [1.165, 1.54) is 127 Å². The first-order chi connectivity index (χ1) is 72.8. The minimum absolute atomic E-state index is 0.210. The standard InChI is InChI=1S/C143H92N2O2/c1-89-33-29-60-118-114-50-16-22-57-124(114)140-137(132(89)118)143(135-120-53-18-12-46-110(120)113-49-15-21-56-123(113)139(135)146-140)127-61-26-23-51-116(127)117-84-76-101(88-130(117)143)107-44-25-28-64-131(107)145(103-42-9-4-10-43-103)106-79-71-94(72-80-106)99-39-31-37-97(86-99)91-65-67-92(68-66-91)100-75-83-115-111-47-13-19-54-121(111)136-141(126(115)87-100)147-138-122-55-20-14-48-112(122)109-45-11-17-52-119(109)134(138)142(136)128-62-27-24-58-125(128)133-108(59-32-63-129(133)142)95-73-81-105(82-74-95)144(102-40-7-3-8-41-102)104-77-69-93(70-78-104)98-38-30-36-96(85-98)90-34-5-2-6-35-90/h2-32,34-89H,33H2,1H3. The topological polar surface area (TPSA) is 24.9 Å². The van der Waals surface area contributed by atoms with E-state index in [2.05, 4.69) is 538 Å². The quantitative estimate of drug-likeness (QED) is 0.107. The van der Waals surface area contributed by atoms with Gasteiger partial charge < -0.3 is 19.3 Å². The smallest absolute Gasteiger partial charge is 0.140 e. The van der Waals surface area contributed by atoms with Crippen LogP contribution in [0.1, 0.15) is 74.9 Å². The van der Waals surface area contributed by atoms with Crippen LogP contribution in [0.5, 0.6) is 23.0 Å². The van der Waals surface area contributed by atoms with E-state index in [1.54, 1.807) is 0 Å². The Balaban J connectivity index is 0.510. The third-order valence-corrected chi connectivity index (χ3v) is 32.5. The lowest BCUT2D eigenvalue weighted by molar-refractivity contribution is 0.445. The molecule has 0 fully saturated rings. The van der Waals surface area contributed by atoms with Crippen molar-refractivity contribution < 1.29 is 9.47 Å². The van der Waals surface area contributed by atoms with Gasteiger partial charge in [0, 0.05) is 77.8 Å². The van der Waals surface area contributed by atoms with Gasteiger partial charge in [0.05, 0.1) is 16.5 Å². The number of hydrogen-bond acceptors (Lipinski definition) is 4. The van der Waals surface area contributed by atoms with Crippen LogP contribution in [0.4, 0.5) is 34.1 Å². The lowest BCUT2D eigenvalue weighted by atomic mass is 9.60. The molecule has 3 aliphatic carbocycles. The Labute approximate surface area is 853 Å². The van der Waals surface area contributed by atoms with E-state index < -0.39 is 10.8 Å². The molecular formula is C143H92N2O2. The zero-order chi connectivity index (χ0) is 96.7. The van der Waals surface area contributed by atoms with Crippen molar-refractivity contribution in [3.05, 3.63) is 571 Å². The number of nitrogens with zero attached hydrogens (tertiary/aromatic N) is 2. The van der Waals surface area contributed by atoms with Crippen LogP contribution in [-0.2, 0) is 10.8 Å². The predicted octanol–water partition coefficient (Wildman–Crippen LogP) is 38.8. The van der Waals surface area contributed by atoms with Gasteiger partial charge in [-0.25, -0.2) is 0 Å². The Morgan fingerprint density at radius 1 is 0.204 bits per heavy atom. The largest absolute Gasteiger partial charge is 0.455 e. The highest BCUT2D eigenvalue weighted by molar-refractivity contribution is 6.21. The first-order valence-electron chi connectivity index (χ1n) is 51.3. The highest BCUT2D eigenvalue weighted by atomic mass is 16.5. The molecule has 0 saturated carbocycles. The van der Waals surface area contributed by atoms with Crippen LogP contribution < -0.4 is 19.3 Å². The molecule has 0 bridgehead atoms. The Kier molecular flexibility index (Phi) is 19.0. The van der Waals surface area contributed by atoms with Gasteiger partial charge in [-0.05, 0) is 285 Å². The third-order valence-electron chi connectivity index (χ3n) is 32.5. The highest BCUT2D eigenvalue weighted by Crippen LogP contribution is 2.71. The number of hydrogen-bond donors (Lipinski definition) is 0. The Hall–Kier alpha value is -18.7. The minimum Gasteiger partial charge on any atom is -0.455 e. The summed E-state index contributed by atoms with van der Waals surface area (Å²) in [5.41, 5.74) is 38.1. The summed E-state index contributed by atoms with van der Waals surface area (Å²) in [4.78, 5) is 4.81. The van der Waals surface area contributed by atoms with Gasteiger partial charge in [-0.2, -0.15) is 0 Å². The molecule has 0 saturated heterocycles. The molecule has 25 aromatic carbocycles. The summed E-state index contributed by atoms with van der Waals surface area (Å²) >= 11 is 0. The van der Waals surface area contributed by atoms with Crippen molar-refractivity contribution in [2.24, 2.45) is 0 Å². The van der Waals surface area contributed by atoms with Crippen LogP contribution in [0.15, 0.2) is 516 Å². The lowest BCUT2D eigenvalue weighted by Crippen LogP contribution is -2.35. The SMILES string of the molecule is CC1CC=Cc2c1c1c(c3ccccc23)Oc2c(c3ccccc3c3ccccc23)C12c1ccccc1-c1ccc(-c3ccccc3N(c3ccccc3)c3ccc(-c4cccc(-c5ccc(-c6ccc7c(c6)c6c(c8ccccc87)C7(c8ccccc8-c8c(-c9ccc(N(c%10ccccc%10)c%10ccc(-c%11cccc(-c%12ccccc%12)c%11)cc%10)cc9)cccc87)c7c(c8ccccc8c8ccccc78)O6)cc5)c4)cc3)cc12. The van der Waals surface area contributed by atoms with Crippen molar-refractivity contribution in [1.29, 1.82) is 0 Å². The van der Waals surface area contributed by atoms with E-state index in [4.69, 9.17) is 9.47 Å². The normalized spacial score (nSPS) is 15.1. The van der Waals surface area contributed by atoms with E-state index >= 15 is 0 Å². The van der Waals surface area contributed by atoms with Crippen molar-refractivity contribution in [1.82, 2.24) is 0 Å². The van der Waals surface area contributed by atoms with Crippen LogP contribution in [0.2, 0.25) is 0 Å². The van der Waals surface area contributed by atoms with Gasteiger partial charge in [-0.15, -0.1) is 0 Å². The van der Waals surface area contributed by atoms with Crippen molar-refractivity contribution in [2.45, 2.75) is 30.1 Å². The molecule has 4 nitrogen and oxygen atoms in total. The minimum atomic E-state index is -0.883. The first-order valence-corrected chi connectivity index (χ1v) is 51.3. The van der Waals surface area contributed by atoms with Gasteiger partial charge in [0.15, 0.2) is 0 Å². The number of ether oxygens (including phenoxy) is 2. The number of anilines is 6. The fourth-order valence-corrected chi connectivity index (χ4v) is 26.2. The number of benzene rings is 25. The van der Waals surface area contributed by atoms with Crippen LogP contribution in [0, 0.1) is 0 Å². The van der Waals surface area contributed by atoms with Crippen molar-refractivity contribution in [3.63, 3.8) is 0 Å². The molecule has 2 aliphatic heterocycles. The average Bonchev–Trinajstić information content (AvgIpc) is 1.55. The first kappa shape index (κ1) is 84.0. The maximum absolute atomic E-state index is 8.09. The monoisotopic (exact) mass is 1870 g/mol. The summed E-state index contributed by atoms with van der Waals surface area (Å²) in [6.45, 7) is 2.43. The Bertz CT molecular complexity index is 9840. The molecule has 0 aromatic heterocycles. The summed E-state index contributed by atoms with van der Waals surface area (Å²) in [5, 5.41) is 16.2. The van der Waals surface area contributed by atoms with Gasteiger partial charge in [0.1, 0.15) is 23.0 Å². The Morgan fingerprint density at radius 2 is 0.531 bits per heavy atom. The Morgan fingerprint density at radius 3 is 1.07 bits per heavy atom. The predicted molar refractivity (Wildman–Crippen MR) is 613 cm³/mol. The van der Waals surface area contributed by atoms with E-state index in [1.807, 2.05) is 0 Å². The van der Waals surface area contributed by atoms with E-state index in [0.717, 1.165) is 168 Å². The van der Waals surface area contributed by atoms with Gasteiger partial charge in [0.25, 0.3) is 0 Å². The number of rotatable bonds is 13. The van der Waals surface area contributed by atoms with Crippen LogP contribution in [-0.4, -0.2) is 0 Å². The van der Waals surface area contributed by atoms with Crippen molar-refractivity contribution >= 4 is 116 Å². The molecule has 3 unspecified atom stereocenters. The fourth-order valence-electron chi connectivity index (χ4n) is 26.2. The molecule has 4 heteroatoms.